The number of oxazole rings is 1. The van der Waals surface area contributed by atoms with Crippen LogP contribution in [0.2, 0.25) is 0 Å². The van der Waals surface area contributed by atoms with Crippen molar-refractivity contribution in [2.45, 2.75) is 26.0 Å². The Morgan fingerprint density at radius 3 is 2.85 bits per heavy atom. The lowest BCUT2D eigenvalue weighted by Crippen LogP contribution is -2.39. The van der Waals surface area contributed by atoms with Crippen molar-refractivity contribution < 1.29 is 14.3 Å². The minimum absolute atomic E-state index is 0.215. The molecule has 2 atom stereocenters. The van der Waals surface area contributed by atoms with Gasteiger partial charge >= 0.3 is 0 Å². The van der Waals surface area contributed by atoms with Crippen LogP contribution >= 0.6 is 0 Å². The van der Waals surface area contributed by atoms with E-state index in [4.69, 9.17) is 5.11 Å². The molecule has 1 aromatic rings. The Kier molecular flexibility index (Phi) is 3.02. The molecule has 0 bridgehead atoms. The van der Waals surface area contributed by atoms with Gasteiger partial charge in [-0.15, -0.1) is 0 Å². The molecule has 0 aliphatic carbocycles. The van der Waals surface area contributed by atoms with Crippen LogP contribution in [-0.4, -0.2) is 28.1 Å². The minimum Gasteiger partial charge on any atom is -0.451 e. The van der Waals surface area contributed by atoms with E-state index in [1.807, 2.05) is 0 Å². The van der Waals surface area contributed by atoms with Gasteiger partial charge in [0.05, 0.1) is 12.1 Å². The summed E-state index contributed by atoms with van der Waals surface area (Å²) >= 11 is 0. The Labute approximate surface area is 75.8 Å². The Morgan fingerprint density at radius 1 is 1.69 bits per heavy atom. The van der Waals surface area contributed by atoms with Crippen LogP contribution in [0.1, 0.15) is 24.3 Å². The molecule has 2 unspecified atom stereocenters. The summed E-state index contributed by atoms with van der Waals surface area (Å²) in [6.07, 6.45) is 1.85. The molecule has 72 valence electrons. The van der Waals surface area contributed by atoms with Crippen molar-refractivity contribution >= 4 is 5.91 Å². The Morgan fingerprint density at radius 2 is 2.38 bits per heavy atom. The van der Waals surface area contributed by atoms with Crippen LogP contribution < -0.4 is 5.32 Å². The third-order valence-corrected chi connectivity index (χ3v) is 1.75. The van der Waals surface area contributed by atoms with E-state index >= 15 is 0 Å². The van der Waals surface area contributed by atoms with Gasteiger partial charge < -0.3 is 14.8 Å². The highest BCUT2D eigenvalue weighted by atomic mass is 16.3. The predicted octanol–water partition coefficient (Wildman–Crippen LogP) is 0.174. The van der Waals surface area contributed by atoms with Crippen LogP contribution in [0, 0.1) is 0 Å². The van der Waals surface area contributed by atoms with Gasteiger partial charge in [-0.2, -0.15) is 0 Å². The number of amides is 1. The lowest BCUT2D eigenvalue weighted by Gasteiger charge is -2.15. The van der Waals surface area contributed by atoms with Crippen molar-refractivity contribution in [3.63, 3.8) is 0 Å². The molecule has 0 saturated carbocycles. The smallest absolute Gasteiger partial charge is 0.273 e. The molecule has 1 aromatic heterocycles. The molecule has 5 nitrogen and oxygen atoms in total. The van der Waals surface area contributed by atoms with Crippen molar-refractivity contribution in [1.82, 2.24) is 10.3 Å². The number of aliphatic hydroxyl groups excluding tert-OH is 1. The molecule has 1 rings (SSSR count). The maximum absolute atomic E-state index is 11.3. The van der Waals surface area contributed by atoms with E-state index < -0.39 is 6.10 Å². The van der Waals surface area contributed by atoms with E-state index in [0.717, 1.165) is 0 Å². The molecule has 0 fully saturated rings. The molecule has 0 saturated heterocycles. The first-order valence-electron chi connectivity index (χ1n) is 3.98. The highest BCUT2D eigenvalue weighted by Crippen LogP contribution is 1.97. The maximum Gasteiger partial charge on any atom is 0.273 e. The fourth-order valence-electron chi connectivity index (χ4n) is 0.726. The molecule has 0 spiro atoms. The molecular formula is C8H12N2O3. The lowest BCUT2D eigenvalue weighted by molar-refractivity contribution is 0.0869. The summed E-state index contributed by atoms with van der Waals surface area (Å²) in [5.41, 5.74) is 0.215. The number of aromatic nitrogens is 1. The van der Waals surface area contributed by atoms with Crippen LogP contribution in [0.15, 0.2) is 17.1 Å². The van der Waals surface area contributed by atoms with Crippen molar-refractivity contribution in [3.8, 4) is 0 Å². The first-order chi connectivity index (χ1) is 6.11. The van der Waals surface area contributed by atoms with E-state index in [9.17, 15) is 4.79 Å². The van der Waals surface area contributed by atoms with Gasteiger partial charge in [0.2, 0.25) is 0 Å². The van der Waals surface area contributed by atoms with Gasteiger partial charge in [0.1, 0.15) is 6.26 Å². The second-order valence-electron chi connectivity index (χ2n) is 2.88. The zero-order valence-electron chi connectivity index (χ0n) is 7.52. The molecule has 0 aliphatic rings. The topological polar surface area (TPSA) is 75.4 Å². The van der Waals surface area contributed by atoms with Crippen molar-refractivity contribution in [2.24, 2.45) is 0 Å². The maximum atomic E-state index is 11.3. The highest BCUT2D eigenvalue weighted by molar-refractivity contribution is 5.91. The summed E-state index contributed by atoms with van der Waals surface area (Å²) in [5, 5.41) is 11.7. The van der Waals surface area contributed by atoms with Crippen molar-refractivity contribution in [1.29, 1.82) is 0 Å². The van der Waals surface area contributed by atoms with Gasteiger partial charge in [-0.3, -0.25) is 4.79 Å². The Balaban J connectivity index is 2.52. The van der Waals surface area contributed by atoms with Gasteiger partial charge in [0.15, 0.2) is 12.1 Å². The largest absolute Gasteiger partial charge is 0.451 e. The van der Waals surface area contributed by atoms with Crippen molar-refractivity contribution in [2.75, 3.05) is 0 Å². The molecule has 2 N–H and O–H groups in total. The lowest BCUT2D eigenvalue weighted by atomic mass is 10.2. The fraction of sp³-hybridized carbons (Fsp3) is 0.500. The number of rotatable bonds is 3. The van der Waals surface area contributed by atoms with E-state index in [2.05, 4.69) is 14.7 Å². The second kappa shape index (κ2) is 4.04. The number of aliphatic hydroxyl groups is 1. The third kappa shape index (κ3) is 2.55. The number of carbonyl (C=O) groups excluding carboxylic acids is 1. The molecule has 0 aliphatic heterocycles. The van der Waals surface area contributed by atoms with Gasteiger partial charge in [-0.25, -0.2) is 4.98 Å². The van der Waals surface area contributed by atoms with E-state index in [1.165, 1.54) is 12.7 Å². The first kappa shape index (κ1) is 9.73. The average molecular weight is 184 g/mol. The van der Waals surface area contributed by atoms with Gasteiger partial charge in [0, 0.05) is 0 Å². The van der Waals surface area contributed by atoms with E-state index in [-0.39, 0.29) is 17.6 Å². The van der Waals surface area contributed by atoms with E-state index in [0.29, 0.717) is 0 Å². The van der Waals surface area contributed by atoms with Crippen LogP contribution in [-0.2, 0) is 0 Å². The molecule has 5 heteroatoms. The van der Waals surface area contributed by atoms with Gasteiger partial charge in [-0.05, 0) is 13.8 Å². The molecule has 0 radical (unpaired) electrons. The summed E-state index contributed by atoms with van der Waals surface area (Å²) in [5.74, 6) is -0.345. The summed E-state index contributed by atoms with van der Waals surface area (Å²) in [7, 11) is 0. The highest BCUT2D eigenvalue weighted by Gasteiger charge is 2.14. The molecule has 1 heterocycles. The molecule has 0 aromatic carbocycles. The SMILES string of the molecule is CC(O)C(C)NC(=O)c1cocn1. The number of hydrogen-bond donors (Lipinski definition) is 2. The zero-order valence-corrected chi connectivity index (χ0v) is 7.52. The normalized spacial score (nSPS) is 15.0. The monoisotopic (exact) mass is 184 g/mol. The standard InChI is InChI=1S/C8H12N2O3/c1-5(6(2)11)10-8(12)7-3-13-4-9-7/h3-6,11H,1-2H3,(H,10,12). The van der Waals surface area contributed by atoms with Crippen LogP contribution in [0.5, 0.6) is 0 Å². The molecule has 13 heavy (non-hydrogen) atoms. The Hall–Kier alpha value is -1.36. The summed E-state index contributed by atoms with van der Waals surface area (Å²) in [4.78, 5) is 14.9. The fourth-order valence-corrected chi connectivity index (χ4v) is 0.726. The van der Waals surface area contributed by atoms with Crippen LogP contribution in [0.3, 0.4) is 0 Å². The molecule has 1 amide bonds. The number of hydrogen-bond acceptors (Lipinski definition) is 4. The quantitative estimate of drug-likeness (QED) is 0.702. The number of nitrogens with zero attached hydrogens (tertiary/aromatic N) is 1. The zero-order chi connectivity index (χ0) is 9.84. The second-order valence-corrected chi connectivity index (χ2v) is 2.88. The summed E-state index contributed by atoms with van der Waals surface area (Å²) < 4.78 is 4.64. The summed E-state index contributed by atoms with van der Waals surface area (Å²) in [6.45, 7) is 3.32. The molecular weight excluding hydrogens is 172 g/mol. The number of carbonyl (C=O) groups is 1. The van der Waals surface area contributed by atoms with Gasteiger partial charge in [-0.1, -0.05) is 0 Å². The first-order valence-corrected chi connectivity index (χ1v) is 3.98. The third-order valence-electron chi connectivity index (χ3n) is 1.75. The van der Waals surface area contributed by atoms with Crippen molar-refractivity contribution in [3.05, 3.63) is 18.4 Å². The Bertz CT molecular complexity index is 269. The average Bonchev–Trinajstić information content (AvgIpc) is 2.55. The number of nitrogens with one attached hydrogen (secondary N) is 1. The minimum atomic E-state index is -0.587. The predicted molar refractivity (Wildman–Crippen MR) is 45.1 cm³/mol. The van der Waals surface area contributed by atoms with Crippen LogP contribution in [0.4, 0.5) is 0 Å². The van der Waals surface area contributed by atoms with E-state index in [1.54, 1.807) is 13.8 Å². The van der Waals surface area contributed by atoms with Crippen LogP contribution in [0.25, 0.3) is 0 Å². The van der Waals surface area contributed by atoms with Gasteiger partial charge in [0.25, 0.3) is 5.91 Å². The summed E-state index contributed by atoms with van der Waals surface area (Å²) in [6, 6.07) is -0.302.